The standard InChI is InChI=1S/C18H31N/c1-8-17(6)18(7)19(9-2)14-13-16(5)12-10-11-15(3)4/h9,11,13,17H,2,7-8,10,12,14H2,1,3-6H3/b16-13-. The molecule has 0 fully saturated rings. The fraction of sp³-hybridized carbons (Fsp3) is 0.556. The molecule has 19 heavy (non-hydrogen) atoms. The molecule has 0 bridgehead atoms. The van der Waals surface area contributed by atoms with Crippen molar-refractivity contribution >= 4 is 0 Å². The van der Waals surface area contributed by atoms with Crippen LogP contribution in [0.15, 0.2) is 48.4 Å². The fourth-order valence-electron chi connectivity index (χ4n) is 1.77. The van der Waals surface area contributed by atoms with E-state index in [1.165, 1.54) is 11.1 Å². The maximum atomic E-state index is 4.18. The number of hydrogen-bond donors (Lipinski definition) is 0. The van der Waals surface area contributed by atoms with Crippen LogP contribution in [-0.2, 0) is 0 Å². The summed E-state index contributed by atoms with van der Waals surface area (Å²) in [4.78, 5) is 2.15. The third-order valence-corrected chi connectivity index (χ3v) is 3.50. The minimum Gasteiger partial charge on any atom is -0.349 e. The lowest BCUT2D eigenvalue weighted by Gasteiger charge is -2.25. The van der Waals surface area contributed by atoms with E-state index < -0.39 is 0 Å². The molecule has 1 unspecified atom stereocenters. The van der Waals surface area contributed by atoms with E-state index in [0.29, 0.717) is 5.92 Å². The predicted molar refractivity (Wildman–Crippen MR) is 87.9 cm³/mol. The number of allylic oxidation sites excluding steroid dienone is 4. The van der Waals surface area contributed by atoms with Gasteiger partial charge in [0.05, 0.1) is 0 Å². The zero-order valence-electron chi connectivity index (χ0n) is 13.5. The summed E-state index contributed by atoms with van der Waals surface area (Å²) in [5.41, 5.74) is 3.98. The van der Waals surface area contributed by atoms with Gasteiger partial charge in [-0.1, -0.05) is 50.3 Å². The first-order valence-corrected chi connectivity index (χ1v) is 7.29. The van der Waals surface area contributed by atoms with E-state index in [4.69, 9.17) is 0 Å². The SMILES string of the molecule is C=CN(C/C=C(/C)CCC=C(C)C)C(=C)C(C)CC. The van der Waals surface area contributed by atoms with Crippen LogP contribution in [0.3, 0.4) is 0 Å². The molecule has 0 saturated heterocycles. The van der Waals surface area contributed by atoms with Gasteiger partial charge in [-0.2, -0.15) is 0 Å². The van der Waals surface area contributed by atoms with Crippen molar-refractivity contribution in [1.82, 2.24) is 4.90 Å². The van der Waals surface area contributed by atoms with Crippen LogP contribution in [0.5, 0.6) is 0 Å². The zero-order chi connectivity index (χ0) is 14.8. The average Bonchev–Trinajstić information content (AvgIpc) is 2.37. The van der Waals surface area contributed by atoms with Crippen molar-refractivity contribution in [2.75, 3.05) is 6.54 Å². The van der Waals surface area contributed by atoms with Gasteiger partial charge in [-0.3, -0.25) is 0 Å². The molecule has 0 N–H and O–H groups in total. The second-order valence-corrected chi connectivity index (χ2v) is 5.51. The van der Waals surface area contributed by atoms with Crippen molar-refractivity contribution in [1.29, 1.82) is 0 Å². The van der Waals surface area contributed by atoms with Gasteiger partial charge >= 0.3 is 0 Å². The molecule has 0 saturated carbocycles. The van der Waals surface area contributed by atoms with E-state index in [1.807, 2.05) is 6.20 Å². The lowest BCUT2D eigenvalue weighted by Crippen LogP contribution is -2.20. The Labute approximate surface area is 120 Å². The smallest absolute Gasteiger partial charge is 0.0405 e. The highest BCUT2D eigenvalue weighted by Crippen LogP contribution is 2.17. The molecule has 0 amide bonds. The van der Waals surface area contributed by atoms with Gasteiger partial charge in [0.1, 0.15) is 0 Å². The topological polar surface area (TPSA) is 3.24 Å². The third-order valence-electron chi connectivity index (χ3n) is 3.50. The van der Waals surface area contributed by atoms with E-state index in [1.54, 1.807) is 0 Å². The predicted octanol–water partition coefficient (Wildman–Crippen LogP) is 5.68. The summed E-state index contributed by atoms with van der Waals surface area (Å²) in [6, 6.07) is 0. The van der Waals surface area contributed by atoms with Crippen molar-refractivity contribution in [3.8, 4) is 0 Å². The van der Waals surface area contributed by atoms with E-state index in [0.717, 1.165) is 31.5 Å². The minimum atomic E-state index is 0.511. The van der Waals surface area contributed by atoms with Crippen molar-refractivity contribution in [3.05, 3.63) is 48.4 Å². The highest BCUT2D eigenvalue weighted by atomic mass is 15.1. The number of rotatable bonds is 9. The molecule has 0 aromatic rings. The fourth-order valence-corrected chi connectivity index (χ4v) is 1.77. The Morgan fingerprint density at radius 2 is 1.84 bits per heavy atom. The zero-order valence-corrected chi connectivity index (χ0v) is 13.5. The Hall–Kier alpha value is -1.24. The molecule has 0 aliphatic heterocycles. The average molecular weight is 261 g/mol. The van der Waals surface area contributed by atoms with Crippen LogP contribution in [0.2, 0.25) is 0 Å². The molecule has 0 aliphatic carbocycles. The minimum absolute atomic E-state index is 0.511. The second kappa shape index (κ2) is 9.66. The molecule has 0 spiro atoms. The monoisotopic (exact) mass is 261 g/mol. The van der Waals surface area contributed by atoms with E-state index in [9.17, 15) is 0 Å². The summed E-state index contributed by atoms with van der Waals surface area (Å²) >= 11 is 0. The number of nitrogens with zero attached hydrogens (tertiary/aromatic N) is 1. The molecule has 0 aliphatic rings. The van der Waals surface area contributed by atoms with Crippen molar-refractivity contribution < 1.29 is 0 Å². The molecule has 0 aromatic carbocycles. The van der Waals surface area contributed by atoms with E-state index in [-0.39, 0.29) is 0 Å². The second-order valence-electron chi connectivity index (χ2n) is 5.51. The van der Waals surface area contributed by atoms with Gasteiger partial charge in [0.15, 0.2) is 0 Å². The Balaban J connectivity index is 4.36. The quantitative estimate of drug-likeness (QED) is 0.482. The van der Waals surface area contributed by atoms with Crippen LogP contribution in [0.25, 0.3) is 0 Å². The van der Waals surface area contributed by atoms with Crippen LogP contribution in [0.4, 0.5) is 0 Å². The van der Waals surface area contributed by atoms with Gasteiger partial charge in [0, 0.05) is 12.2 Å². The van der Waals surface area contributed by atoms with Gasteiger partial charge in [0.25, 0.3) is 0 Å². The van der Waals surface area contributed by atoms with E-state index in [2.05, 4.69) is 64.8 Å². The van der Waals surface area contributed by atoms with Crippen LogP contribution in [0.1, 0.15) is 53.9 Å². The molecule has 0 heterocycles. The Bertz CT molecular complexity index is 343. The first-order valence-electron chi connectivity index (χ1n) is 7.29. The molecular formula is C18H31N. The van der Waals surface area contributed by atoms with Crippen LogP contribution in [0, 0.1) is 5.92 Å². The maximum absolute atomic E-state index is 4.18. The summed E-state index contributed by atoms with van der Waals surface area (Å²) in [5.74, 6) is 0.511. The van der Waals surface area contributed by atoms with E-state index >= 15 is 0 Å². The normalized spacial score (nSPS) is 12.8. The van der Waals surface area contributed by atoms with Gasteiger partial charge in [-0.15, -0.1) is 0 Å². The molecule has 1 heteroatoms. The van der Waals surface area contributed by atoms with Gasteiger partial charge in [-0.25, -0.2) is 0 Å². The largest absolute Gasteiger partial charge is 0.349 e. The van der Waals surface area contributed by atoms with Crippen LogP contribution < -0.4 is 0 Å². The molecule has 1 nitrogen and oxygen atoms in total. The third kappa shape index (κ3) is 7.71. The molecule has 0 aromatic heterocycles. The lowest BCUT2D eigenvalue weighted by molar-refractivity contribution is 0.432. The first kappa shape index (κ1) is 17.8. The van der Waals surface area contributed by atoms with Gasteiger partial charge < -0.3 is 4.90 Å². The van der Waals surface area contributed by atoms with Gasteiger partial charge in [-0.05, 0) is 52.2 Å². The molecular weight excluding hydrogens is 230 g/mol. The maximum Gasteiger partial charge on any atom is 0.0405 e. The molecule has 1 atom stereocenters. The van der Waals surface area contributed by atoms with Crippen LogP contribution in [-0.4, -0.2) is 11.4 Å². The Kier molecular flexibility index (Phi) is 9.03. The lowest BCUT2D eigenvalue weighted by atomic mass is 10.0. The highest BCUT2D eigenvalue weighted by Gasteiger charge is 2.09. The Morgan fingerprint density at radius 1 is 1.21 bits per heavy atom. The summed E-state index contributed by atoms with van der Waals surface area (Å²) in [7, 11) is 0. The van der Waals surface area contributed by atoms with Crippen molar-refractivity contribution in [2.24, 2.45) is 5.92 Å². The summed E-state index contributed by atoms with van der Waals surface area (Å²) in [6.45, 7) is 19.8. The highest BCUT2D eigenvalue weighted by molar-refractivity contribution is 5.08. The van der Waals surface area contributed by atoms with Crippen LogP contribution >= 0.6 is 0 Å². The number of hydrogen-bond acceptors (Lipinski definition) is 1. The van der Waals surface area contributed by atoms with Crippen molar-refractivity contribution in [3.63, 3.8) is 0 Å². The Morgan fingerprint density at radius 3 is 2.32 bits per heavy atom. The van der Waals surface area contributed by atoms with Crippen molar-refractivity contribution in [2.45, 2.75) is 53.9 Å². The first-order chi connectivity index (χ1) is 8.92. The summed E-state index contributed by atoms with van der Waals surface area (Å²) in [6.07, 6.45) is 9.84. The molecule has 0 radical (unpaired) electrons. The summed E-state index contributed by atoms with van der Waals surface area (Å²) in [5, 5.41) is 0. The molecule has 108 valence electrons. The summed E-state index contributed by atoms with van der Waals surface area (Å²) < 4.78 is 0. The van der Waals surface area contributed by atoms with Gasteiger partial charge in [0.2, 0.25) is 0 Å². The molecule has 0 rings (SSSR count).